The Morgan fingerprint density at radius 1 is 1.57 bits per heavy atom. The van der Waals surface area contributed by atoms with Gasteiger partial charge in [-0.05, 0) is 12.8 Å². The molecule has 0 spiro atoms. The van der Waals surface area contributed by atoms with E-state index in [1.165, 1.54) is 4.68 Å². The van der Waals surface area contributed by atoms with Crippen LogP contribution < -0.4 is 5.73 Å². The quantitative estimate of drug-likeness (QED) is 0.809. The Morgan fingerprint density at radius 2 is 2.29 bits per heavy atom. The van der Waals surface area contributed by atoms with Gasteiger partial charge in [0.25, 0.3) is 0 Å². The van der Waals surface area contributed by atoms with Crippen LogP contribution in [-0.2, 0) is 6.54 Å². The average molecular weight is 201 g/mol. The van der Waals surface area contributed by atoms with Gasteiger partial charge in [0.15, 0.2) is 0 Å². The van der Waals surface area contributed by atoms with Crippen molar-refractivity contribution in [1.29, 1.82) is 0 Å². The molecule has 2 N–H and O–H groups in total. The summed E-state index contributed by atoms with van der Waals surface area (Å²) in [5.41, 5.74) is 6.60. The van der Waals surface area contributed by atoms with E-state index in [0.29, 0.717) is 11.7 Å². The first-order valence-corrected chi connectivity index (χ1v) is 4.78. The lowest BCUT2D eigenvalue weighted by Gasteiger charge is -2.02. The Labute approximate surface area is 80.9 Å². The molecule has 0 radical (unpaired) electrons. The lowest BCUT2D eigenvalue weighted by Crippen LogP contribution is -2.07. The van der Waals surface area contributed by atoms with E-state index in [4.69, 9.17) is 5.73 Å². The molecule has 0 bridgehead atoms. The molecule has 5 heteroatoms. The summed E-state index contributed by atoms with van der Waals surface area (Å²) in [6.07, 6.45) is -0.185. The van der Waals surface area contributed by atoms with Crippen molar-refractivity contribution in [1.82, 2.24) is 9.78 Å². The average Bonchev–Trinajstić information content (AvgIpc) is 2.88. The molecule has 1 aromatic heterocycles. The molecule has 2 rings (SSSR count). The molecular formula is C9H13F2N3. The molecule has 0 amide bonds. The molecule has 1 aliphatic rings. The van der Waals surface area contributed by atoms with E-state index in [-0.39, 0.29) is 13.0 Å². The fourth-order valence-corrected chi connectivity index (χ4v) is 1.43. The first-order chi connectivity index (χ1) is 6.66. The maximum atomic E-state index is 11.9. The Bertz CT molecular complexity index is 318. The van der Waals surface area contributed by atoms with Crippen molar-refractivity contribution in [3.8, 4) is 0 Å². The molecule has 0 unspecified atom stereocenters. The molecule has 1 aromatic rings. The van der Waals surface area contributed by atoms with Crippen molar-refractivity contribution in [2.45, 2.75) is 38.2 Å². The smallest absolute Gasteiger partial charge is 0.240 e. The second kappa shape index (κ2) is 3.55. The van der Waals surface area contributed by atoms with Crippen LogP contribution in [0.1, 0.15) is 30.9 Å². The van der Waals surface area contributed by atoms with Crippen molar-refractivity contribution in [2.75, 3.05) is 5.73 Å². The molecule has 0 saturated heterocycles. The summed E-state index contributed by atoms with van der Waals surface area (Å²) >= 11 is 0. The van der Waals surface area contributed by atoms with Crippen LogP contribution in [0.4, 0.5) is 14.6 Å². The minimum Gasteiger partial charge on any atom is -0.384 e. The maximum absolute atomic E-state index is 11.9. The van der Waals surface area contributed by atoms with Crippen LogP contribution in [0.3, 0.4) is 0 Å². The summed E-state index contributed by atoms with van der Waals surface area (Å²) in [6, 6.07) is 1.79. The number of hydrogen-bond acceptors (Lipinski definition) is 2. The van der Waals surface area contributed by atoms with Gasteiger partial charge in [-0.15, -0.1) is 0 Å². The third-order valence-electron chi connectivity index (χ3n) is 2.38. The van der Waals surface area contributed by atoms with Crippen LogP contribution in [0.25, 0.3) is 0 Å². The van der Waals surface area contributed by atoms with E-state index in [0.717, 1.165) is 18.5 Å². The first kappa shape index (κ1) is 9.43. The fraction of sp³-hybridized carbons (Fsp3) is 0.667. The van der Waals surface area contributed by atoms with Gasteiger partial charge in [0.05, 0.1) is 5.69 Å². The van der Waals surface area contributed by atoms with Gasteiger partial charge in [0, 0.05) is 24.9 Å². The van der Waals surface area contributed by atoms with Crippen molar-refractivity contribution >= 4 is 5.82 Å². The van der Waals surface area contributed by atoms with E-state index in [1.807, 2.05) is 0 Å². The number of aryl methyl sites for hydroxylation is 1. The van der Waals surface area contributed by atoms with Gasteiger partial charge in [-0.3, -0.25) is 0 Å². The SMILES string of the molecule is Nc1cc(C2CC2)nn1CCC(F)F. The van der Waals surface area contributed by atoms with E-state index < -0.39 is 6.43 Å². The number of nitrogen functional groups attached to an aromatic ring is 1. The van der Waals surface area contributed by atoms with Crippen molar-refractivity contribution in [2.24, 2.45) is 0 Å². The molecule has 1 heterocycles. The van der Waals surface area contributed by atoms with Crippen molar-refractivity contribution < 1.29 is 8.78 Å². The van der Waals surface area contributed by atoms with Crippen LogP contribution in [0.15, 0.2) is 6.07 Å². The van der Waals surface area contributed by atoms with Gasteiger partial charge in [0.2, 0.25) is 6.43 Å². The first-order valence-electron chi connectivity index (χ1n) is 4.78. The molecule has 14 heavy (non-hydrogen) atoms. The zero-order chi connectivity index (χ0) is 10.1. The second-order valence-corrected chi connectivity index (χ2v) is 3.67. The summed E-state index contributed by atoms with van der Waals surface area (Å²) < 4.78 is 25.4. The minimum absolute atomic E-state index is 0.185. The van der Waals surface area contributed by atoms with Gasteiger partial charge in [0.1, 0.15) is 5.82 Å². The van der Waals surface area contributed by atoms with E-state index in [1.54, 1.807) is 6.07 Å². The predicted octanol–water partition coefficient (Wildman–Crippen LogP) is 2.00. The van der Waals surface area contributed by atoms with Crippen molar-refractivity contribution in [3.63, 3.8) is 0 Å². The highest BCUT2D eigenvalue weighted by Gasteiger charge is 2.26. The van der Waals surface area contributed by atoms with Gasteiger partial charge in [-0.25, -0.2) is 13.5 Å². The number of anilines is 1. The van der Waals surface area contributed by atoms with Crippen LogP contribution in [0.2, 0.25) is 0 Å². The van der Waals surface area contributed by atoms with Gasteiger partial charge < -0.3 is 5.73 Å². The van der Waals surface area contributed by atoms with Crippen LogP contribution in [0, 0.1) is 0 Å². The maximum Gasteiger partial charge on any atom is 0.240 e. The van der Waals surface area contributed by atoms with E-state index in [2.05, 4.69) is 5.10 Å². The molecule has 0 aliphatic heterocycles. The van der Waals surface area contributed by atoms with E-state index >= 15 is 0 Å². The fourth-order valence-electron chi connectivity index (χ4n) is 1.43. The lowest BCUT2D eigenvalue weighted by molar-refractivity contribution is 0.130. The highest BCUT2D eigenvalue weighted by molar-refractivity contribution is 5.33. The largest absolute Gasteiger partial charge is 0.384 e. The predicted molar refractivity (Wildman–Crippen MR) is 49.2 cm³/mol. The van der Waals surface area contributed by atoms with Gasteiger partial charge in [-0.2, -0.15) is 5.10 Å². The van der Waals surface area contributed by atoms with Crippen LogP contribution >= 0.6 is 0 Å². The summed E-state index contributed by atoms with van der Waals surface area (Å²) in [7, 11) is 0. The molecule has 1 fully saturated rings. The number of aromatic nitrogens is 2. The van der Waals surface area contributed by atoms with E-state index in [9.17, 15) is 8.78 Å². The number of alkyl halides is 2. The minimum atomic E-state index is -2.29. The zero-order valence-electron chi connectivity index (χ0n) is 7.79. The molecule has 0 atom stereocenters. The Balaban J connectivity index is 2.01. The molecule has 1 saturated carbocycles. The Kier molecular flexibility index (Phi) is 2.39. The monoisotopic (exact) mass is 201 g/mol. The normalized spacial score (nSPS) is 16.5. The lowest BCUT2D eigenvalue weighted by atomic mass is 10.3. The van der Waals surface area contributed by atoms with Crippen molar-refractivity contribution in [3.05, 3.63) is 11.8 Å². The number of rotatable bonds is 4. The standard InChI is InChI=1S/C9H13F2N3/c10-8(11)3-4-14-9(12)5-7(13-14)6-1-2-6/h5-6,8H,1-4,12H2. The number of halogens is 2. The Hall–Kier alpha value is -1.13. The topological polar surface area (TPSA) is 43.8 Å². The number of nitrogens with two attached hydrogens (primary N) is 1. The highest BCUT2D eigenvalue weighted by atomic mass is 19.3. The number of nitrogens with zero attached hydrogens (tertiary/aromatic N) is 2. The molecule has 1 aliphatic carbocycles. The van der Waals surface area contributed by atoms with Gasteiger partial charge in [-0.1, -0.05) is 0 Å². The second-order valence-electron chi connectivity index (χ2n) is 3.67. The molecular weight excluding hydrogens is 188 g/mol. The van der Waals surface area contributed by atoms with Crippen LogP contribution in [0.5, 0.6) is 0 Å². The third-order valence-corrected chi connectivity index (χ3v) is 2.38. The van der Waals surface area contributed by atoms with Gasteiger partial charge >= 0.3 is 0 Å². The molecule has 78 valence electrons. The summed E-state index contributed by atoms with van der Waals surface area (Å²) in [5, 5.41) is 4.20. The van der Waals surface area contributed by atoms with Crippen LogP contribution in [-0.4, -0.2) is 16.2 Å². The summed E-state index contributed by atoms with van der Waals surface area (Å²) in [4.78, 5) is 0. The summed E-state index contributed by atoms with van der Waals surface area (Å²) in [5.74, 6) is 1.01. The molecule has 0 aromatic carbocycles. The highest BCUT2D eigenvalue weighted by Crippen LogP contribution is 2.39. The molecule has 3 nitrogen and oxygen atoms in total. The summed E-state index contributed by atoms with van der Waals surface area (Å²) in [6.45, 7) is 0.205. The number of hydrogen-bond donors (Lipinski definition) is 1. The third kappa shape index (κ3) is 2.02. The Morgan fingerprint density at radius 3 is 2.86 bits per heavy atom. The zero-order valence-corrected chi connectivity index (χ0v) is 7.79.